The maximum Gasteiger partial charge on any atom is 0.422 e. The zero-order chi connectivity index (χ0) is 15.3. The Labute approximate surface area is 95.2 Å². The first-order valence-corrected chi connectivity index (χ1v) is 5.04. The summed E-state index contributed by atoms with van der Waals surface area (Å²) in [6.45, 7) is 0. The lowest BCUT2D eigenvalue weighted by molar-refractivity contribution is -0.207. The molecule has 0 saturated heterocycles. The SMILES string of the molecule is FC(F)C(F)C(F)C(F)C(F)(F)F.O=S(=O)(O)O. The Balaban J connectivity index is 0. The molecule has 0 amide bonds. The van der Waals surface area contributed by atoms with Crippen LogP contribution in [0.4, 0.5) is 35.1 Å². The van der Waals surface area contributed by atoms with E-state index >= 15 is 0 Å². The van der Waals surface area contributed by atoms with Crippen molar-refractivity contribution in [1.29, 1.82) is 0 Å². The van der Waals surface area contributed by atoms with Crippen LogP contribution in [-0.4, -0.2) is 48.6 Å². The molecule has 0 saturated carbocycles. The van der Waals surface area contributed by atoms with Gasteiger partial charge in [0.15, 0.2) is 12.3 Å². The highest BCUT2D eigenvalue weighted by molar-refractivity contribution is 7.79. The third-order valence-corrected chi connectivity index (χ3v) is 1.14. The van der Waals surface area contributed by atoms with Crippen LogP contribution in [0.15, 0.2) is 0 Å². The predicted octanol–water partition coefficient (Wildman–Crippen LogP) is 2.18. The summed E-state index contributed by atoms with van der Waals surface area (Å²) >= 11 is 0. The number of rotatable bonds is 3. The molecule has 3 atom stereocenters. The Morgan fingerprint density at radius 3 is 1.28 bits per heavy atom. The molecular weight excluding hydrogens is 308 g/mol. The first-order valence-electron chi connectivity index (χ1n) is 3.65. The topological polar surface area (TPSA) is 74.6 Å². The lowest BCUT2D eigenvalue weighted by Crippen LogP contribution is -2.41. The summed E-state index contributed by atoms with van der Waals surface area (Å²) in [6, 6.07) is 0. The van der Waals surface area contributed by atoms with E-state index in [0.29, 0.717) is 0 Å². The Kier molecular flexibility index (Phi) is 7.68. The van der Waals surface area contributed by atoms with Gasteiger partial charge in [-0.1, -0.05) is 0 Å². The van der Waals surface area contributed by atoms with Crippen LogP contribution in [0, 0.1) is 0 Å². The third-order valence-electron chi connectivity index (χ3n) is 1.14. The van der Waals surface area contributed by atoms with Gasteiger partial charge in [-0.2, -0.15) is 21.6 Å². The van der Waals surface area contributed by atoms with E-state index in [4.69, 9.17) is 17.5 Å². The molecule has 0 radical (unpaired) electrons. The highest BCUT2D eigenvalue weighted by Crippen LogP contribution is 2.30. The molecule has 0 heterocycles. The second kappa shape index (κ2) is 7.04. The summed E-state index contributed by atoms with van der Waals surface area (Å²) in [5, 5.41) is 0. The summed E-state index contributed by atoms with van der Waals surface area (Å²) in [5.74, 6) is 0. The minimum Gasteiger partial charge on any atom is -0.264 e. The molecule has 0 aromatic rings. The van der Waals surface area contributed by atoms with E-state index in [1.807, 2.05) is 0 Å². The molecule has 18 heavy (non-hydrogen) atoms. The molecule has 0 aromatic heterocycles. The van der Waals surface area contributed by atoms with Gasteiger partial charge in [0.05, 0.1) is 0 Å². The van der Waals surface area contributed by atoms with Gasteiger partial charge in [0.1, 0.15) is 0 Å². The molecule has 0 spiro atoms. The van der Waals surface area contributed by atoms with Crippen molar-refractivity contribution < 1.29 is 52.6 Å². The van der Waals surface area contributed by atoms with Crippen LogP contribution < -0.4 is 0 Å². The van der Waals surface area contributed by atoms with E-state index in [1.165, 1.54) is 0 Å². The second-order valence-electron chi connectivity index (χ2n) is 2.61. The van der Waals surface area contributed by atoms with Crippen LogP contribution in [0.25, 0.3) is 0 Å². The predicted molar refractivity (Wildman–Crippen MR) is 40.9 cm³/mol. The molecule has 0 aliphatic heterocycles. The van der Waals surface area contributed by atoms with E-state index < -0.39 is 41.5 Å². The van der Waals surface area contributed by atoms with Crippen molar-refractivity contribution in [3.63, 3.8) is 0 Å². The van der Waals surface area contributed by atoms with Crippen LogP contribution in [-0.2, 0) is 10.4 Å². The van der Waals surface area contributed by atoms with Gasteiger partial charge in [-0.15, -0.1) is 0 Å². The molecular formula is C5H6F8O4S. The fraction of sp³-hybridized carbons (Fsp3) is 1.00. The number of halogens is 8. The molecule has 4 nitrogen and oxygen atoms in total. The fourth-order valence-corrected chi connectivity index (χ4v) is 0.481. The van der Waals surface area contributed by atoms with Crippen LogP contribution in [0.3, 0.4) is 0 Å². The largest absolute Gasteiger partial charge is 0.422 e. The Hall–Kier alpha value is -0.690. The minimum atomic E-state index is -5.67. The summed E-state index contributed by atoms with van der Waals surface area (Å²) in [5.41, 5.74) is 0. The van der Waals surface area contributed by atoms with E-state index in [-0.39, 0.29) is 0 Å². The molecule has 13 heteroatoms. The van der Waals surface area contributed by atoms with Crippen molar-refractivity contribution in [2.75, 3.05) is 0 Å². The summed E-state index contributed by atoms with van der Waals surface area (Å²) in [6.07, 6.45) is -21.5. The van der Waals surface area contributed by atoms with Crippen molar-refractivity contribution in [3.8, 4) is 0 Å². The minimum absolute atomic E-state index is 3.77. The normalized spacial score (nSPS) is 17.7. The molecule has 112 valence electrons. The second-order valence-corrected chi connectivity index (χ2v) is 3.51. The maximum absolute atomic E-state index is 12.0. The van der Waals surface area contributed by atoms with Crippen LogP contribution in [0.5, 0.6) is 0 Å². The Morgan fingerprint density at radius 1 is 0.833 bits per heavy atom. The van der Waals surface area contributed by atoms with E-state index in [1.54, 1.807) is 0 Å². The van der Waals surface area contributed by atoms with Gasteiger partial charge in [-0.25, -0.2) is 22.0 Å². The van der Waals surface area contributed by atoms with Crippen molar-refractivity contribution in [1.82, 2.24) is 0 Å². The van der Waals surface area contributed by atoms with Crippen LogP contribution in [0.1, 0.15) is 0 Å². The first-order chi connectivity index (χ1) is 7.68. The van der Waals surface area contributed by atoms with Gasteiger partial charge in [-0.3, -0.25) is 9.11 Å². The lowest BCUT2D eigenvalue weighted by Gasteiger charge is -2.18. The van der Waals surface area contributed by atoms with Gasteiger partial charge in [0, 0.05) is 0 Å². The van der Waals surface area contributed by atoms with Crippen molar-refractivity contribution in [2.45, 2.75) is 31.1 Å². The smallest absolute Gasteiger partial charge is 0.264 e. The molecule has 0 fully saturated rings. The molecule has 0 bridgehead atoms. The quantitative estimate of drug-likeness (QED) is 0.618. The van der Waals surface area contributed by atoms with Gasteiger partial charge in [0.25, 0.3) is 6.43 Å². The summed E-state index contributed by atoms with van der Waals surface area (Å²) < 4.78 is 124. The maximum atomic E-state index is 12.0. The van der Waals surface area contributed by atoms with E-state index in [2.05, 4.69) is 0 Å². The van der Waals surface area contributed by atoms with Crippen molar-refractivity contribution >= 4 is 10.4 Å². The number of hydrogen-bond donors (Lipinski definition) is 2. The molecule has 3 unspecified atom stereocenters. The Morgan fingerprint density at radius 2 is 1.11 bits per heavy atom. The zero-order valence-corrected chi connectivity index (χ0v) is 8.77. The molecule has 0 aliphatic rings. The average Bonchev–Trinajstić information content (AvgIpc) is 2.09. The molecule has 2 N–H and O–H groups in total. The van der Waals surface area contributed by atoms with Crippen LogP contribution >= 0.6 is 0 Å². The Bertz CT molecular complexity index is 319. The number of hydrogen-bond acceptors (Lipinski definition) is 2. The van der Waals surface area contributed by atoms with Gasteiger partial charge < -0.3 is 0 Å². The van der Waals surface area contributed by atoms with Crippen molar-refractivity contribution in [3.05, 3.63) is 0 Å². The van der Waals surface area contributed by atoms with Gasteiger partial charge in [0.2, 0.25) is 6.17 Å². The zero-order valence-electron chi connectivity index (χ0n) is 7.95. The standard InChI is InChI=1S/C5H4F8.H2O4S/c6-1(2(7)4(9)10)3(8)5(11,12)13;1-5(2,3)4/h1-4H;(H2,1,2,3,4). The monoisotopic (exact) mass is 314 g/mol. The highest BCUT2D eigenvalue weighted by Gasteiger charge is 2.51. The third kappa shape index (κ3) is 10.5. The molecule has 0 aromatic carbocycles. The fourth-order valence-electron chi connectivity index (χ4n) is 0.481. The number of alkyl halides is 8. The molecule has 0 aliphatic carbocycles. The molecule has 0 rings (SSSR count). The van der Waals surface area contributed by atoms with E-state index in [0.717, 1.165) is 0 Å². The van der Waals surface area contributed by atoms with Crippen molar-refractivity contribution in [2.24, 2.45) is 0 Å². The highest BCUT2D eigenvalue weighted by atomic mass is 32.3. The average molecular weight is 314 g/mol. The summed E-state index contributed by atoms with van der Waals surface area (Å²) in [7, 11) is -4.67. The lowest BCUT2D eigenvalue weighted by atomic mass is 10.1. The van der Waals surface area contributed by atoms with Crippen LogP contribution in [0.2, 0.25) is 0 Å². The first kappa shape index (κ1) is 19.6. The summed E-state index contributed by atoms with van der Waals surface area (Å²) in [4.78, 5) is 0. The van der Waals surface area contributed by atoms with Gasteiger partial charge >= 0.3 is 16.6 Å². The van der Waals surface area contributed by atoms with E-state index in [9.17, 15) is 35.1 Å². The van der Waals surface area contributed by atoms with Gasteiger partial charge in [-0.05, 0) is 0 Å².